The first kappa shape index (κ1) is 22.6. The van der Waals surface area contributed by atoms with E-state index in [2.05, 4.69) is 4.98 Å². The largest absolute Gasteiger partial charge is 0.493 e. The van der Waals surface area contributed by atoms with Gasteiger partial charge >= 0.3 is 0 Å². The molecule has 178 valence electrons. The number of fused-ring (bicyclic) bond motifs is 3. The summed E-state index contributed by atoms with van der Waals surface area (Å²) in [4.78, 5) is 18.0. The molecule has 0 amide bonds. The van der Waals surface area contributed by atoms with Gasteiger partial charge in [0, 0.05) is 26.0 Å². The molecule has 0 atom stereocenters. The van der Waals surface area contributed by atoms with Crippen LogP contribution < -0.4 is 15.0 Å². The van der Waals surface area contributed by atoms with Gasteiger partial charge in [0.2, 0.25) is 0 Å². The Morgan fingerprint density at radius 2 is 1.74 bits per heavy atom. The third-order valence-electron chi connectivity index (χ3n) is 6.09. The van der Waals surface area contributed by atoms with Crippen LogP contribution in [0.25, 0.3) is 27.7 Å². The minimum atomic E-state index is -0.109. The molecule has 8 nitrogen and oxygen atoms in total. The molecule has 0 radical (unpaired) electrons. The third-order valence-corrected chi connectivity index (χ3v) is 6.09. The Kier molecular flexibility index (Phi) is 6.20. The number of hydrogen-bond acceptors (Lipinski definition) is 6. The summed E-state index contributed by atoms with van der Waals surface area (Å²) >= 11 is 0. The Bertz CT molecular complexity index is 1560. The molecule has 0 aliphatic rings. The number of hydrogen-bond donors (Lipinski definition) is 0. The first-order valence-electron chi connectivity index (χ1n) is 11.3. The lowest BCUT2D eigenvalue weighted by Crippen LogP contribution is -2.21. The van der Waals surface area contributed by atoms with Crippen molar-refractivity contribution in [3.63, 3.8) is 0 Å². The number of rotatable bonds is 8. The normalized spacial score (nSPS) is 11.3. The van der Waals surface area contributed by atoms with Gasteiger partial charge in [-0.3, -0.25) is 4.79 Å². The molecule has 3 aromatic heterocycles. The van der Waals surface area contributed by atoms with Gasteiger partial charge in [0.25, 0.3) is 5.56 Å². The molecular formula is C27H26N4O4. The van der Waals surface area contributed by atoms with Gasteiger partial charge in [-0.2, -0.15) is 5.10 Å². The van der Waals surface area contributed by atoms with Crippen molar-refractivity contribution in [2.24, 2.45) is 0 Å². The van der Waals surface area contributed by atoms with Crippen molar-refractivity contribution in [1.29, 1.82) is 0 Å². The molecular weight excluding hydrogens is 444 g/mol. The summed E-state index contributed by atoms with van der Waals surface area (Å²) < 4.78 is 19.5. The second-order valence-corrected chi connectivity index (χ2v) is 8.17. The first-order valence-corrected chi connectivity index (χ1v) is 11.3. The fourth-order valence-electron chi connectivity index (χ4n) is 4.35. The summed E-state index contributed by atoms with van der Waals surface area (Å²) in [6.07, 6.45) is 4.12. The number of ether oxygens (including phenoxy) is 3. The van der Waals surface area contributed by atoms with Crippen LogP contribution in [0.5, 0.6) is 11.5 Å². The van der Waals surface area contributed by atoms with Crippen LogP contribution in [0.1, 0.15) is 11.3 Å². The Morgan fingerprint density at radius 3 is 2.49 bits per heavy atom. The predicted octanol–water partition coefficient (Wildman–Crippen LogP) is 4.12. The number of benzene rings is 2. The zero-order valence-electron chi connectivity index (χ0n) is 19.9. The van der Waals surface area contributed by atoms with E-state index in [-0.39, 0.29) is 5.56 Å². The van der Waals surface area contributed by atoms with E-state index in [0.29, 0.717) is 47.6 Å². The molecule has 8 heteroatoms. The highest BCUT2D eigenvalue weighted by molar-refractivity contribution is 5.86. The lowest BCUT2D eigenvalue weighted by molar-refractivity contribution is 0.181. The van der Waals surface area contributed by atoms with E-state index in [1.807, 2.05) is 60.8 Å². The average molecular weight is 471 g/mol. The van der Waals surface area contributed by atoms with E-state index >= 15 is 0 Å². The van der Waals surface area contributed by atoms with Crippen LogP contribution >= 0.6 is 0 Å². The smallest absolute Gasteiger partial charge is 0.261 e. The highest BCUT2D eigenvalue weighted by Gasteiger charge is 2.18. The maximum absolute atomic E-state index is 13.3. The molecule has 0 N–H and O–H groups in total. The predicted molar refractivity (Wildman–Crippen MR) is 134 cm³/mol. The number of pyridine rings is 1. The second-order valence-electron chi connectivity index (χ2n) is 8.17. The maximum Gasteiger partial charge on any atom is 0.261 e. The van der Waals surface area contributed by atoms with Gasteiger partial charge in [-0.1, -0.05) is 36.4 Å². The fraction of sp³-hybridized carbons (Fsp3) is 0.222. The van der Waals surface area contributed by atoms with E-state index < -0.39 is 0 Å². The summed E-state index contributed by atoms with van der Waals surface area (Å²) in [5, 5.41) is 5.27. The summed E-state index contributed by atoms with van der Waals surface area (Å²) in [5.41, 5.74) is 5.03. The summed E-state index contributed by atoms with van der Waals surface area (Å²) in [5.74, 6) is 1.35. The van der Waals surface area contributed by atoms with Gasteiger partial charge in [0.1, 0.15) is 0 Å². The molecule has 35 heavy (non-hydrogen) atoms. The fourth-order valence-corrected chi connectivity index (χ4v) is 4.35. The quantitative estimate of drug-likeness (QED) is 0.340. The van der Waals surface area contributed by atoms with Gasteiger partial charge in [-0.25, -0.2) is 9.50 Å². The molecule has 0 saturated carbocycles. The van der Waals surface area contributed by atoms with Crippen LogP contribution in [0.15, 0.2) is 71.8 Å². The molecule has 0 bridgehead atoms. The highest BCUT2D eigenvalue weighted by atomic mass is 16.5. The van der Waals surface area contributed by atoms with Crippen LogP contribution in [0.4, 0.5) is 0 Å². The molecule has 0 unspecified atom stereocenters. The van der Waals surface area contributed by atoms with Gasteiger partial charge in [-0.15, -0.1) is 0 Å². The van der Waals surface area contributed by atoms with Crippen molar-refractivity contribution in [3.05, 3.63) is 88.6 Å². The topological polar surface area (TPSA) is 79.9 Å². The first-order chi connectivity index (χ1) is 17.1. The minimum absolute atomic E-state index is 0.109. The van der Waals surface area contributed by atoms with Crippen LogP contribution in [0, 0.1) is 0 Å². The lowest BCUT2D eigenvalue weighted by atomic mass is 10.1. The molecule has 0 aliphatic heterocycles. The summed E-state index contributed by atoms with van der Waals surface area (Å²) in [6.45, 7) is 0.864. The van der Waals surface area contributed by atoms with E-state index in [4.69, 9.17) is 19.3 Å². The van der Waals surface area contributed by atoms with Gasteiger partial charge in [0.05, 0.1) is 43.0 Å². The Labute approximate surface area is 202 Å². The minimum Gasteiger partial charge on any atom is -0.493 e. The van der Waals surface area contributed by atoms with E-state index in [0.717, 1.165) is 22.4 Å². The molecule has 0 aliphatic carbocycles. The third kappa shape index (κ3) is 4.13. The monoisotopic (exact) mass is 470 g/mol. The van der Waals surface area contributed by atoms with E-state index in [1.165, 1.54) is 0 Å². The molecule has 0 fully saturated rings. The number of methoxy groups -OCH3 is 3. The van der Waals surface area contributed by atoms with Crippen LogP contribution in [0.3, 0.4) is 0 Å². The van der Waals surface area contributed by atoms with E-state index in [9.17, 15) is 4.79 Å². The Morgan fingerprint density at radius 1 is 0.943 bits per heavy atom. The van der Waals surface area contributed by atoms with Crippen molar-refractivity contribution in [1.82, 2.24) is 19.2 Å². The number of aryl methyl sites for hydroxylation is 2. The summed E-state index contributed by atoms with van der Waals surface area (Å²) in [6, 6.07) is 17.7. The van der Waals surface area contributed by atoms with Crippen LogP contribution in [0.2, 0.25) is 0 Å². The molecule has 5 rings (SSSR count). The summed E-state index contributed by atoms with van der Waals surface area (Å²) in [7, 11) is 4.86. The Balaban J connectivity index is 1.53. The number of aromatic nitrogens is 4. The molecule has 2 aromatic carbocycles. The van der Waals surface area contributed by atoms with Crippen molar-refractivity contribution in [2.75, 3.05) is 21.3 Å². The zero-order valence-corrected chi connectivity index (χ0v) is 19.9. The van der Waals surface area contributed by atoms with Crippen molar-refractivity contribution in [2.45, 2.75) is 19.6 Å². The van der Waals surface area contributed by atoms with Crippen molar-refractivity contribution in [3.8, 4) is 22.6 Å². The van der Waals surface area contributed by atoms with Gasteiger partial charge < -0.3 is 18.8 Å². The standard InChI is InChI=1S/C27H26N4O4/c1-33-17-21-25(19-7-5-4-6-8-19)26-28-16-20-22(31(26)29-21)12-14-30(27(20)32)13-11-18-9-10-23(34-2)24(15-18)35-3/h4-10,12,14-16H,11,13,17H2,1-3H3. The Hall–Kier alpha value is -4.17. The average Bonchev–Trinajstić information content (AvgIpc) is 3.27. The molecule has 3 heterocycles. The van der Waals surface area contributed by atoms with E-state index in [1.54, 1.807) is 36.6 Å². The second kappa shape index (κ2) is 9.60. The van der Waals surface area contributed by atoms with Gasteiger partial charge in [0.15, 0.2) is 17.1 Å². The lowest BCUT2D eigenvalue weighted by Gasteiger charge is -2.11. The van der Waals surface area contributed by atoms with Crippen LogP contribution in [-0.2, 0) is 24.3 Å². The highest BCUT2D eigenvalue weighted by Crippen LogP contribution is 2.30. The van der Waals surface area contributed by atoms with Gasteiger partial charge in [-0.05, 0) is 35.7 Å². The molecule has 0 saturated heterocycles. The molecule has 5 aromatic rings. The molecule has 0 spiro atoms. The van der Waals surface area contributed by atoms with Crippen LogP contribution in [-0.4, -0.2) is 40.5 Å². The number of nitrogens with zero attached hydrogens (tertiary/aromatic N) is 4. The SMILES string of the molecule is COCc1nn2c(ncc3c(=O)n(CCc4ccc(OC)c(OC)c4)ccc32)c1-c1ccccc1. The van der Waals surface area contributed by atoms with Crippen molar-refractivity contribution < 1.29 is 14.2 Å². The van der Waals surface area contributed by atoms with Crippen molar-refractivity contribution >= 4 is 16.6 Å². The zero-order chi connectivity index (χ0) is 24.4. The maximum atomic E-state index is 13.3.